The van der Waals surface area contributed by atoms with Crippen molar-refractivity contribution in [3.8, 4) is 5.75 Å². The summed E-state index contributed by atoms with van der Waals surface area (Å²) < 4.78 is 5.51. The van der Waals surface area contributed by atoms with E-state index in [1.165, 1.54) is 11.1 Å². The Balaban J connectivity index is 1.36. The summed E-state index contributed by atoms with van der Waals surface area (Å²) in [6.45, 7) is 1.86. The average Bonchev–Trinajstić information content (AvgIpc) is 2.85. The predicted octanol–water partition coefficient (Wildman–Crippen LogP) is 4.33. The van der Waals surface area contributed by atoms with Gasteiger partial charge in [0.25, 0.3) is 0 Å². The maximum absolute atomic E-state index is 12.8. The van der Waals surface area contributed by atoms with E-state index in [1.54, 1.807) is 7.11 Å². The smallest absolute Gasteiger partial charge is 0.220 e. The molecule has 4 atom stereocenters. The van der Waals surface area contributed by atoms with Gasteiger partial charge < -0.3 is 20.1 Å². The summed E-state index contributed by atoms with van der Waals surface area (Å²) in [4.78, 5) is 15.1. The molecular weight excluding hydrogens is 424 g/mol. The number of amides is 1. The topological polar surface area (TPSA) is 61.8 Å². The van der Waals surface area contributed by atoms with E-state index >= 15 is 0 Å². The van der Waals surface area contributed by atoms with E-state index in [-0.39, 0.29) is 23.3 Å². The van der Waals surface area contributed by atoms with E-state index in [0.717, 1.165) is 57.4 Å². The third-order valence-corrected chi connectivity index (χ3v) is 7.98. The summed E-state index contributed by atoms with van der Waals surface area (Å²) in [5, 5.41) is 14.5. The first-order valence-corrected chi connectivity index (χ1v) is 12.8. The standard InChI is InChI=1S/C29H40N2O3/c1-31-17-16-29(23-13-9-14-25(18-23)34-2)20-24(19-27(32)26(29)21-31)30-28(33)15-8-4-7-12-22-10-5-3-6-11-22/h3,5-6,9-11,13-14,18,24,26-27,32H,4,7-8,12,15-17,19-21H2,1-2H3,(H,30,33)/t24-,26+,27?,29+/m1/s1. The molecule has 184 valence electrons. The van der Waals surface area contributed by atoms with Crippen molar-refractivity contribution in [3.63, 3.8) is 0 Å². The second-order valence-electron chi connectivity index (χ2n) is 10.3. The van der Waals surface area contributed by atoms with Crippen LogP contribution >= 0.6 is 0 Å². The van der Waals surface area contributed by atoms with E-state index in [0.29, 0.717) is 12.8 Å². The Bertz CT molecular complexity index is 934. The number of aliphatic hydroxyl groups is 1. The Hall–Kier alpha value is -2.37. The average molecular weight is 465 g/mol. The summed E-state index contributed by atoms with van der Waals surface area (Å²) in [5.41, 5.74) is 2.44. The minimum absolute atomic E-state index is 0.00215. The molecule has 1 heterocycles. The van der Waals surface area contributed by atoms with E-state index in [4.69, 9.17) is 4.74 Å². The monoisotopic (exact) mass is 464 g/mol. The number of hydrogen-bond donors (Lipinski definition) is 2. The lowest BCUT2D eigenvalue weighted by Crippen LogP contribution is -2.60. The predicted molar refractivity (Wildman–Crippen MR) is 136 cm³/mol. The van der Waals surface area contributed by atoms with Gasteiger partial charge in [0.1, 0.15) is 5.75 Å². The van der Waals surface area contributed by atoms with Gasteiger partial charge in [0.15, 0.2) is 0 Å². The number of nitrogens with zero attached hydrogens (tertiary/aromatic N) is 1. The number of rotatable bonds is 9. The molecule has 0 radical (unpaired) electrons. The fourth-order valence-electron chi connectivity index (χ4n) is 6.15. The van der Waals surface area contributed by atoms with Crippen molar-refractivity contribution in [3.05, 3.63) is 65.7 Å². The van der Waals surface area contributed by atoms with E-state index < -0.39 is 6.10 Å². The summed E-state index contributed by atoms with van der Waals surface area (Å²) in [5.74, 6) is 1.12. The number of methoxy groups -OCH3 is 1. The number of fused-ring (bicyclic) bond motifs is 1. The number of aryl methyl sites for hydroxylation is 1. The van der Waals surface area contributed by atoms with Crippen molar-refractivity contribution in [2.45, 2.75) is 68.9 Å². The summed E-state index contributed by atoms with van der Waals surface area (Å²) in [7, 11) is 3.83. The van der Waals surface area contributed by atoms with Crippen LogP contribution in [0.5, 0.6) is 5.75 Å². The molecule has 2 fully saturated rings. The molecule has 5 heteroatoms. The van der Waals surface area contributed by atoms with Crippen LogP contribution in [0.2, 0.25) is 0 Å². The molecule has 1 unspecified atom stereocenters. The fourth-order valence-corrected chi connectivity index (χ4v) is 6.15. The van der Waals surface area contributed by atoms with Gasteiger partial charge in [-0.15, -0.1) is 0 Å². The summed E-state index contributed by atoms with van der Waals surface area (Å²) >= 11 is 0. The highest BCUT2D eigenvalue weighted by atomic mass is 16.5. The molecular formula is C29H40N2O3. The van der Waals surface area contributed by atoms with Gasteiger partial charge >= 0.3 is 0 Å². The molecule has 1 saturated heterocycles. The lowest BCUT2D eigenvalue weighted by molar-refractivity contribution is -0.123. The number of likely N-dealkylation sites (tertiary alicyclic amines) is 1. The van der Waals surface area contributed by atoms with Crippen molar-refractivity contribution in [1.82, 2.24) is 10.2 Å². The third kappa shape index (κ3) is 5.81. The highest BCUT2D eigenvalue weighted by molar-refractivity contribution is 5.76. The molecule has 2 aromatic carbocycles. The molecule has 34 heavy (non-hydrogen) atoms. The summed E-state index contributed by atoms with van der Waals surface area (Å²) in [6, 6.07) is 18.8. The largest absolute Gasteiger partial charge is 0.497 e. The van der Waals surface area contributed by atoms with Crippen LogP contribution in [0.15, 0.2) is 54.6 Å². The van der Waals surface area contributed by atoms with Crippen LogP contribution in [0.3, 0.4) is 0 Å². The molecule has 0 bridgehead atoms. The molecule has 2 aromatic rings. The molecule has 1 saturated carbocycles. The fraction of sp³-hybridized carbons (Fsp3) is 0.552. The second-order valence-corrected chi connectivity index (χ2v) is 10.3. The number of nitrogens with one attached hydrogen (secondary N) is 1. The maximum Gasteiger partial charge on any atom is 0.220 e. The zero-order chi connectivity index (χ0) is 24.0. The number of hydrogen-bond acceptors (Lipinski definition) is 4. The molecule has 2 N–H and O–H groups in total. The molecule has 1 amide bonds. The SMILES string of the molecule is COc1cccc([C@@]23CCN(C)C[C@H]2C(O)C[C@@H](NC(=O)CCCCCc2ccccc2)C3)c1. The Labute approximate surface area is 204 Å². The lowest BCUT2D eigenvalue weighted by Gasteiger charge is -2.54. The molecule has 5 nitrogen and oxygen atoms in total. The number of carbonyl (C=O) groups excluding carboxylic acids is 1. The number of unbranched alkanes of at least 4 members (excludes halogenated alkanes) is 2. The van der Waals surface area contributed by atoms with E-state index in [9.17, 15) is 9.90 Å². The van der Waals surface area contributed by atoms with Crippen LogP contribution < -0.4 is 10.1 Å². The molecule has 1 aliphatic carbocycles. The van der Waals surface area contributed by atoms with Gasteiger partial charge in [-0.05, 0) is 75.4 Å². The second kappa shape index (κ2) is 11.4. The van der Waals surface area contributed by atoms with E-state index in [2.05, 4.69) is 53.7 Å². The highest BCUT2D eigenvalue weighted by Crippen LogP contribution is 2.49. The van der Waals surface area contributed by atoms with Crippen LogP contribution in [-0.2, 0) is 16.6 Å². The first kappa shape index (κ1) is 24.7. The number of piperidine rings is 1. The van der Waals surface area contributed by atoms with Crippen LogP contribution in [0.25, 0.3) is 0 Å². The molecule has 1 aliphatic heterocycles. The minimum Gasteiger partial charge on any atom is -0.497 e. The lowest BCUT2D eigenvalue weighted by atomic mass is 9.57. The van der Waals surface area contributed by atoms with Crippen molar-refractivity contribution >= 4 is 5.91 Å². The Morgan fingerprint density at radius 3 is 2.76 bits per heavy atom. The Morgan fingerprint density at radius 2 is 1.97 bits per heavy atom. The third-order valence-electron chi connectivity index (χ3n) is 7.98. The van der Waals surface area contributed by atoms with Crippen molar-refractivity contribution in [1.29, 1.82) is 0 Å². The van der Waals surface area contributed by atoms with Crippen LogP contribution in [-0.4, -0.2) is 55.3 Å². The number of aliphatic hydroxyl groups excluding tert-OH is 1. The molecule has 2 aliphatic rings. The normalized spacial score (nSPS) is 27.1. The number of carbonyl (C=O) groups is 1. The van der Waals surface area contributed by atoms with Gasteiger partial charge in [0, 0.05) is 30.3 Å². The van der Waals surface area contributed by atoms with E-state index in [1.807, 2.05) is 18.2 Å². The van der Waals surface area contributed by atoms with Gasteiger partial charge in [-0.2, -0.15) is 0 Å². The minimum atomic E-state index is -0.432. The number of benzene rings is 2. The first-order valence-electron chi connectivity index (χ1n) is 12.8. The number of ether oxygens (including phenoxy) is 1. The van der Waals surface area contributed by atoms with Gasteiger partial charge in [-0.25, -0.2) is 0 Å². The maximum atomic E-state index is 12.8. The Morgan fingerprint density at radius 1 is 1.15 bits per heavy atom. The summed E-state index contributed by atoms with van der Waals surface area (Å²) in [6.07, 6.45) is 6.73. The van der Waals surface area contributed by atoms with Crippen LogP contribution in [0.4, 0.5) is 0 Å². The first-order chi connectivity index (χ1) is 16.5. The quantitative estimate of drug-likeness (QED) is 0.543. The van der Waals surface area contributed by atoms with Crippen LogP contribution in [0, 0.1) is 5.92 Å². The van der Waals surface area contributed by atoms with Gasteiger partial charge in [0.05, 0.1) is 13.2 Å². The van der Waals surface area contributed by atoms with Gasteiger partial charge in [0.2, 0.25) is 5.91 Å². The van der Waals surface area contributed by atoms with Crippen molar-refractivity contribution < 1.29 is 14.6 Å². The van der Waals surface area contributed by atoms with Gasteiger partial charge in [-0.1, -0.05) is 48.9 Å². The molecule has 0 aromatic heterocycles. The molecule has 0 spiro atoms. The molecule has 4 rings (SSSR count). The highest BCUT2D eigenvalue weighted by Gasteiger charge is 2.51. The van der Waals surface area contributed by atoms with Gasteiger partial charge in [-0.3, -0.25) is 4.79 Å². The van der Waals surface area contributed by atoms with Crippen molar-refractivity contribution in [2.75, 3.05) is 27.2 Å². The van der Waals surface area contributed by atoms with Crippen molar-refractivity contribution in [2.24, 2.45) is 5.92 Å². The van der Waals surface area contributed by atoms with Crippen LogP contribution in [0.1, 0.15) is 56.1 Å². The zero-order valence-electron chi connectivity index (χ0n) is 20.7. The Kier molecular flexibility index (Phi) is 8.28. The zero-order valence-corrected chi connectivity index (χ0v) is 20.7.